The first-order valence-corrected chi connectivity index (χ1v) is 11.4. The van der Waals surface area contributed by atoms with E-state index in [4.69, 9.17) is 9.47 Å². The molecule has 6 nitrogen and oxygen atoms in total. The van der Waals surface area contributed by atoms with Crippen molar-refractivity contribution in [2.24, 2.45) is 11.8 Å². The van der Waals surface area contributed by atoms with Crippen molar-refractivity contribution in [2.45, 2.75) is 103 Å². The second-order valence-electron chi connectivity index (χ2n) is 8.68. The minimum Gasteiger partial charge on any atom is -0.446 e. The summed E-state index contributed by atoms with van der Waals surface area (Å²) in [6.45, 7) is 5.62. The maximum absolute atomic E-state index is 11.9. The molecular formula is C22H40N2O4. The number of nitrogens with one attached hydrogen (secondary N) is 2. The average Bonchev–Trinajstić information content (AvgIpc) is 2.67. The summed E-state index contributed by atoms with van der Waals surface area (Å²) in [5.41, 5.74) is 0. The Kier molecular flexibility index (Phi) is 10.5. The maximum atomic E-state index is 11.9. The van der Waals surface area contributed by atoms with Crippen LogP contribution in [0.2, 0.25) is 0 Å². The second kappa shape index (κ2) is 12.9. The number of ether oxygens (including phenoxy) is 2. The summed E-state index contributed by atoms with van der Waals surface area (Å²) < 4.78 is 11.1. The van der Waals surface area contributed by atoms with Crippen LogP contribution in [0.4, 0.5) is 9.59 Å². The van der Waals surface area contributed by atoms with E-state index in [0.29, 0.717) is 24.9 Å². The number of alkyl carbamates (subject to hydrolysis) is 2. The number of amides is 2. The van der Waals surface area contributed by atoms with Crippen LogP contribution in [0.25, 0.3) is 0 Å². The van der Waals surface area contributed by atoms with Crippen molar-refractivity contribution in [2.75, 3.05) is 13.1 Å². The maximum Gasteiger partial charge on any atom is 0.407 e. The van der Waals surface area contributed by atoms with E-state index in [-0.39, 0.29) is 24.4 Å². The Labute approximate surface area is 170 Å². The highest BCUT2D eigenvalue weighted by Gasteiger charge is 2.25. The fraction of sp³-hybridized carbons (Fsp3) is 0.909. The number of hydrogen-bond acceptors (Lipinski definition) is 4. The molecule has 0 aromatic rings. The van der Waals surface area contributed by atoms with Crippen LogP contribution in [0.3, 0.4) is 0 Å². The van der Waals surface area contributed by atoms with Gasteiger partial charge in [-0.3, -0.25) is 0 Å². The molecular weight excluding hydrogens is 356 g/mol. The van der Waals surface area contributed by atoms with Crippen LogP contribution in [0.5, 0.6) is 0 Å². The molecule has 0 saturated heterocycles. The average molecular weight is 397 g/mol. The van der Waals surface area contributed by atoms with Crippen molar-refractivity contribution in [3.05, 3.63) is 0 Å². The summed E-state index contributed by atoms with van der Waals surface area (Å²) >= 11 is 0. The first-order valence-electron chi connectivity index (χ1n) is 11.4. The van der Waals surface area contributed by atoms with Crippen LogP contribution in [0.15, 0.2) is 0 Å². The van der Waals surface area contributed by atoms with Crippen molar-refractivity contribution in [1.82, 2.24) is 10.6 Å². The lowest BCUT2D eigenvalue weighted by Crippen LogP contribution is -2.34. The predicted molar refractivity (Wildman–Crippen MR) is 110 cm³/mol. The summed E-state index contributed by atoms with van der Waals surface area (Å²) in [6, 6.07) is 0. The molecule has 2 fully saturated rings. The zero-order valence-electron chi connectivity index (χ0n) is 17.8. The molecule has 2 rings (SSSR count). The van der Waals surface area contributed by atoms with Crippen LogP contribution in [0, 0.1) is 11.8 Å². The Hall–Kier alpha value is -1.46. The van der Waals surface area contributed by atoms with Gasteiger partial charge in [-0.05, 0) is 63.2 Å². The zero-order chi connectivity index (χ0) is 20.2. The number of hydrogen-bond donors (Lipinski definition) is 2. The molecule has 0 radical (unpaired) electrons. The normalized spacial score (nSPS) is 27.6. The largest absolute Gasteiger partial charge is 0.446 e. The van der Waals surface area contributed by atoms with Gasteiger partial charge in [-0.25, -0.2) is 9.59 Å². The second-order valence-corrected chi connectivity index (χ2v) is 8.68. The van der Waals surface area contributed by atoms with E-state index in [0.717, 1.165) is 64.2 Å². The van der Waals surface area contributed by atoms with Crippen molar-refractivity contribution >= 4 is 12.2 Å². The van der Waals surface area contributed by atoms with Crippen LogP contribution >= 0.6 is 0 Å². The standard InChI is InChI=1S/C22H40N2O4/c1-17-11-5-7-13-19(17)27-21(25)23-15-9-3-4-10-16-24-22(26)28-20-14-8-6-12-18(20)2/h17-20H,3-16H2,1-2H3,(H,23,25)(H,24,26)/t17-,18-,19-,20+/m0/s1. The lowest BCUT2D eigenvalue weighted by Gasteiger charge is -2.28. The zero-order valence-corrected chi connectivity index (χ0v) is 17.8. The van der Waals surface area contributed by atoms with Crippen molar-refractivity contribution in [3.8, 4) is 0 Å². The molecule has 0 unspecified atom stereocenters. The smallest absolute Gasteiger partial charge is 0.407 e. The molecule has 0 aliphatic heterocycles. The Morgan fingerprint density at radius 2 is 1.07 bits per heavy atom. The van der Waals surface area contributed by atoms with Crippen molar-refractivity contribution < 1.29 is 19.1 Å². The molecule has 0 spiro atoms. The van der Waals surface area contributed by atoms with Crippen LogP contribution < -0.4 is 10.6 Å². The van der Waals surface area contributed by atoms with E-state index >= 15 is 0 Å². The van der Waals surface area contributed by atoms with Crippen molar-refractivity contribution in [1.29, 1.82) is 0 Å². The third-order valence-electron chi connectivity index (χ3n) is 6.22. The number of carbonyl (C=O) groups is 2. The van der Waals surface area contributed by atoms with Gasteiger partial charge in [0.15, 0.2) is 0 Å². The summed E-state index contributed by atoms with van der Waals surface area (Å²) in [7, 11) is 0. The first kappa shape index (κ1) is 22.8. The van der Waals surface area contributed by atoms with Gasteiger partial charge in [-0.1, -0.05) is 39.5 Å². The van der Waals surface area contributed by atoms with E-state index in [1.807, 2.05) is 0 Å². The van der Waals surface area contributed by atoms with Gasteiger partial charge in [0.05, 0.1) is 0 Å². The van der Waals surface area contributed by atoms with Gasteiger partial charge in [0.25, 0.3) is 0 Å². The number of carbonyl (C=O) groups excluding carboxylic acids is 2. The van der Waals surface area contributed by atoms with E-state index in [2.05, 4.69) is 24.5 Å². The minimum atomic E-state index is -0.278. The lowest BCUT2D eigenvalue weighted by molar-refractivity contribution is 0.0429. The highest BCUT2D eigenvalue weighted by atomic mass is 16.6. The van der Waals surface area contributed by atoms with Gasteiger partial charge in [-0.15, -0.1) is 0 Å². The summed E-state index contributed by atoms with van der Waals surface area (Å²) in [5, 5.41) is 5.72. The minimum absolute atomic E-state index is 0.0798. The Morgan fingerprint density at radius 1 is 0.679 bits per heavy atom. The van der Waals surface area contributed by atoms with E-state index in [1.165, 1.54) is 12.8 Å². The molecule has 0 heterocycles. The monoisotopic (exact) mass is 396 g/mol. The van der Waals surface area contributed by atoms with E-state index < -0.39 is 0 Å². The fourth-order valence-electron chi connectivity index (χ4n) is 4.26. The SMILES string of the molecule is C[C@H]1CCCC[C@@H]1OC(=O)NCCCCCCNC(=O)O[C@@H]1CCCC[C@@H]1C. The Balaban J connectivity index is 1.41. The molecule has 162 valence electrons. The van der Waals surface area contributed by atoms with Crippen LogP contribution in [0.1, 0.15) is 90.9 Å². The first-order chi connectivity index (χ1) is 13.6. The molecule has 28 heavy (non-hydrogen) atoms. The van der Waals surface area contributed by atoms with Crippen LogP contribution in [-0.2, 0) is 9.47 Å². The third kappa shape index (κ3) is 8.70. The summed E-state index contributed by atoms with van der Waals surface area (Å²) in [5.74, 6) is 0.944. The molecule has 2 N–H and O–H groups in total. The van der Waals surface area contributed by atoms with Crippen molar-refractivity contribution in [3.63, 3.8) is 0 Å². The molecule has 0 bridgehead atoms. The Morgan fingerprint density at radius 3 is 1.46 bits per heavy atom. The molecule has 0 aromatic heterocycles. The molecule has 0 aromatic carbocycles. The van der Waals surface area contributed by atoms with E-state index in [9.17, 15) is 9.59 Å². The summed E-state index contributed by atoms with van der Waals surface area (Å²) in [6.07, 6.45) is 12.6. The van der Waals surface area contributed by atoms with Gasteiger partial charge in [-0.2, -0.15) is 0 Å². The fourth-order valence-corrected chi connectivity index (χ4v) is 4.26. The highest BCUT2D eigenvalue weighted by molar-refractivity contribution is 5.67. The molecule has 2 aliphatic rings. The molecule has 2 aliphatic carbocycles. The predicted octanol–water partition coefficient (Wildman–Crippen LogP) is 5.16. The van der Waals surface area contributed by atoms with Crippen LogP contribution in [-0.4, -0.2) is 37.5 Å². The highest BCUT2D eigenvalue weighted by Crippen LogP contribution is 2.27. The van der Waals surface area contributed by atoms with E-state index in [1.54, 1.807) is 0 Å². The lowest BCUT2D eigenvalue weighted by atomic mass is 9.88. The topological polar surface area (TPSA) is 76.7 Å². The molecule has 4 atom stereocenters. The van der Waals surface area contributed by atoms with Gasteiger partial charge in [0.1, 0.15) is 12.2 Å². The van der Waals surface area contributed by atoms with Gasteiger partial charge in [0, 0.05) is 13.1 Å². The Bertz CT molecular complexity index is 429. The molecule has 6 heteroatoms. The third-order valence-corrected chi connectivity index (χ3v) is 6.22. The van der Waals surface area contributed by atoms with Gasteiger partial charge >= 0.3 is 12.2 Å². The molecule has 2 amide bonds. The number of unbranched alkanes of at least 4 members (excludes halogenated alkanes) is 3. The number of rotatable bonds is 9. The van der Waals surface area contributed by atoms with Gasteiger partial charge in [0.2, 0.25) is 0 Å². The van der Waals surface area contributed by atoms with Gasteiger partial charge < -0.3 is 20.1 Å². The molecule has 2 saturated carbocycles. The summed E-state index contributed by atoms with van der Waals surface area (Å²) in [4.78, 5) is 23.7. The quantitative estimate of drug-likeness (QED) is 0.528.